The standard InChI is InChI=1S/C15H19ClF2N2O2/c16-12-6-11(3-4-13(12)22-15(17)18)9-20-5-1-2-10(8-20)7-14(19)21/h3-4,6,10,15H,1-2,5,7-9H2,(H2,19,21). The number of hydrogen-bond acceptors (Lipinski definition) is 3. The maximum absolute atomic E-state index is 12.2. The van der Waals surface area contributed by atoms with Crippen LogP contribution in [0.5, 0.6) is 5.75 Å². The van der Waals surface area contributed by atoms with E-state index in [1.807, 2.05) is 0 Å². The van der Waals surface area contributed by atoms with Crippen LogP contribution in [-0.4, -0.2) is 30.5 Å². The molecular formula is C15H19ClF2N2O2. The molecule has 1 aromatic carbocycles. The van der Waals surface area contributed by atoms with Crippen LogP contribution in [0.25, 0.3) is 0 Å². The number of amides is 1. The molecule has 22 heavy (non-hydrogen) atoms. The minimum atomic E-state index is -2.89. The highest BCUT2D eigenvalue weighted by Gasteiger charge is 2.21. The van der Waals surface area contributed by atoms with Crippen molar-refractivity contribution in [3.63, 3.8) is 0 Å². The van der Waals surface area contributed by atoms with Crippen LogP contribution < -0.4 is 10.5 Å². The quantitative estimate of drug-likeness (QED) is 0.871. The van der Waals surface area contributed by atoms with E-state index in [0.717, 1.165) is 31.5 Å². The first-order chi connectivity index (χ1) is 10.4. The maximum atomic E-state index is 12.2. The van der Waals surface area contributed by atoms with Crippen LogP contribution in [0.15, 0.2) is 18.2 Å². The van der Waals surface area contributed by atoms with Gasteiger partial charge in [-0.05, 0) is 43.0 Å². The Morgan fingerprint density at radius 2 is 2.27 bits per heavy atom. The maximum Gasteiger partial charge on any atom is 0.387 e. The van der Waals surface area contributed by atoms with Gasteiger partial charge in [-0.1, -0.05) is 17.7 Å². The predicted octanol–water partition coefficient (Wildman–Crippen LogP) is 3.03. The SMILES string of the molecule is NC(=O)CC1CCCN(Cc2ccc(OC(F)F)c(Cl)c2)C1. The molecule has 1 atom stereocenters. The van der Waals surface area contributed by atoms with Crippen molar-refractivity contribution in [2.45, 2.75) is 32.4 Å². The van der Waals surface area contributed by atoms with Crippen LogP contribution in [0, 0.1) is 5.92 Å². The molecule has 1 unspecified atom stereocenters. The number of primary amides is 1. The number of alkyl halides is 2. The van der Waals surface area contributed by atoms with Gasteiger partial charge in [0.25, 0.3) is 0 Å². The van der Waals surface area contributed by atoms with Crippen LogP contribution in [0.1, 0.15) is 24.8 Å². The summed E-state index contributed by atoms with van der Waals surface area (Å²) in [5.74, 6) is -0.0165. The third-order valence-corrected chi connectivity index (χ3v) is 4.01. The molecule has 0 radical (unpaired) electrons. The summed E-state index contributed by atoms with van der Waals surface area (Å²) in [5.41, 5.74) is 6.17. The molecule has 0 aromatic heterocycles. The second-order valence-electron chi connectivity index (χ2n) is 5.56. The zero-order valence-corrected chi connectivity index (χ0v) is 12.9. The molecule has 0 bridgehead atoms. The molecular weight excluding hydrogens is 314 g/mol. The fourth-order valence-corrected chi connectivity index (χ4v) is 3.09. The van der Waals surface area contributed by atoms with E-state index < -0.39 is 6.61 Å². The molecule has 7 heteroatoms. The van der Waals surface area contributed by atoms with Crippen LogP contribution >= 0.6 is 11.6 Å². The van der Waals surface area contributed by atoms with Gasteiger partial charge in [0.2, 0.25) is 5.91 Å². The van der Waals surface area contributed by atoms with Crippen molar-refractivity contribution in [1.29, 1.82) is 0 Å². The van der Waals surface area contributed by atoms with Crippen molar-refractivity contribution < 1.29 is 18.3 Å². The number of carbonyl (C=O) groups is 1. The molecule has 2 rings (SSSR count). The zero-order chi connectivity index (χ0) is 16.1. The van der Waals surface area contributed by atoms with E-state index in [-0.39, 0.29) is 22.6 Å². The van der Waals surface area contributed by atoms with E-state index in [4.69, 9.17) is 17.3 Å². The van der Waals surface area contributed by atoms with E-state index in [1.165, 1.54) is 6.07 Å². The van der Waals surface area contributed by atoms with Crippen molar-refractivity contribution in [2.75, 3.05) is 13.1 Å². The van der Waals surface area contributed by atoms with Crippen molar-refractivity contribution >= 4 is 17.5 Å². The van der Waals surface area contributed by atoms with Crippen molar-refractivity contribution in [3.8, 4) is 5.75 Å². The lowest BCUT2D eigenvalue weighted by molar-refractivity contribution is -0.119. The first kappa shape index (κ1) is 17.0. The molecule has 2 N–H and O–H groups in total. The molecule has 1 aliphatic heterocycles. The molecule has 0 spiro atoms. The van der Waals surface area contributed by atoms with Crippen molar-refractivity contribution in [2.24, 2.45) is 11.7 Å². The summed E-state index contributed by atoms with van der Waals surface area (Å²) in [6, 6.07) is 4.81. The molecule has 122 valence electrons. The van der Waals surface area contributed by atoms with Gasteiger partial charge in [0.15, 0.2) is 0 Å². The van der Waals surface area contributed by atoms with Gasteiger partial charge in [-0.3, -0.25) is 9.69 Å². The number of nitrogens with two attached hydrogens (primary N) is 1. The molecule has 0 saturated carbocycles. The van der Waals surface area contributed by atoms with Gasteiger partial charge in [-0.25, -0.2) is 0 Å². The Hall–Kier alpha value is -1.40. The average Bonchev–Trinajstić information content (AvgIpc) is 2.41. The Morgan fingerprint density at radius 1 is 1.50 bits per heavy atom. The predicted molar refractivity (Wildman–Crippen MR) is 79.9 cm³/mol. The fourth-order valence-electron chi connectivity index (χ4n) is 2.84. The van der Waals surface area contributed by atoms with Crippen LogP contribution in [0.2, 0.25) is 5.02 Å². The van der Waals surface area contributed by atoms with Gasteiger partial charge < -0.3 is 10.5 Å². The summed E-state index contributed by atoms with van der Waals surface area (Å²) < 4.78 is 28.7. The number of halogens is 3. The summed E-state index contributed by atoms with van der Waals surface area (Å²) in [7, 11) is 0. The highest BCUT2D eigenvalue weighted by molar-refractivity contribution is 6.32. The Bertz CT molecular complexity index is 528. The number of benzene rings is 1. The van der Waals surface area contributed by atoms with Gasteiger partial charge in [-0.2, -0.15) is 8.78 Å². The van der Waals surface area contributed by atoms with Gasteiger partial charge in [0.05, 0.1) is 5.02 Å². The van der Waals surface area contributed by atoms with Crippen molar-refractivity contribution in [1.82, 2.24) is 4.90 Å². The zero-order valence-electron chi connectivity index (χ0n) is 12.1. The average molecular weight is 333 g/mol. The molecule has 0 aliphatic carbocycles. The number of hydrogen-bond donors (Lipinski definition) is 1. The molecule has 1 aromatic rings. The summed E-state index contributed by atoms with van der Waals surface area (Å²) in [4.78, 5) is 13.2. The van der Waals surface area contributed by atoms with E-state index >= 15 is 0 Å². The largest absolute Gasteiger partial charge is 0.433 e. The number of ether oxygens (including phenoxy) is 1. The number of carbonyl (C=O) groups excluding carboxylic acids is 1. The van der Waals surface area contributed by atoms with Gasteiger partial charge in [-0.15, -0.1) is 0 Å². The number of nitrogens with zero attached hydrogens (tertiary/aromatic N) is 1. The molecule has 1 saturated heterocycles. The van der Waals surface area contributed by atoms with E-state index in [9.17, 15) is 13.6 Å². The highest BCUT2D eigenvalue weighted by Crippen LogP contribution is 2.28. The second-order valence-corrected chi connectivity index (χ2v) is 5.96. The summed E-state index contributed by atoms with van der Waals surface area (Å²) >= 11 is 5.95. The van der Waals surface area contributed by atoms with Gasteiger partial charge in [0, 0.05) is 19.5 Å². The normalized spacial score (nSPS) is 19.4. The Labute approximate surface area is 133 Å². The molecule has 1 fully saturated rings. The number of rotatable bonds is 6. The first-order valence-corrected chi connectivity index (χ1v) is 7.55. The highest BCUT2D eigenvalue weighted by atomic mass is 35.5. The Kier molecular flexibility index (Phi) is 5.97. The van der Waals surface area contributed by atoms with Gasteiger partial charge >= 0.3 is 6.61 Å². The topological polar surface area (TPSA) is 55.6 Å². The molecule has 1 amide bonds. The number of piperidine rings is 1. The second kappa shape index (κ2) is 7.74. The van der Waals surface area contributed by atoms with E-state index in [1.54, 1.807) is 12.1 Å². The molecule has 1 heterocycles. The van der Waals surface area contributed by atoms with Crippen molar-refractivity contribution in [3.05, 3.63) is 28.8 Å². The Balaban J connectivity index is 1.95. The lowest BCUT2D eigenvalue weighted by Gasteiger charge is -2.32. The lowest BCUT2D eigenvalue weighted by Crippen LogP contribution is -2.36. The molecule has 1 aliphatic rings. The van der Waals surface area contributed by atoms with E-state index in [0.29, 0.717) is 13.0 Å². The third kappa shape index (κ3) is 5.10. The van der Waals surface area contributed by atoms with Crippen LogP contribution in [0.3, 0.4) is 0 Å². The minimum Gasteiger partial charge on any atom is -0.433 e. The minimum absolute atomic E-state index is 0.0225. The summed E-state index contributed by atoms with van der Waals surface area (Å²) in [5, 5.41) is 0.170. The monoisotopic (exact) mass is 332 g/mol. The first-order valence-electron chi connectivity index (χ1n) is 7.18. The Morgan fingerprint density at radius 3 is 2.91 bits per heavy atom. The summed E-state index contributed by atoms with van der Waals surface area (Å²) in [6.07, 6.45) is 2.41. The lowest BCUT2D eigenvalue weighted by atomic mass is 9.94. The molecule has 4 nitrogen and oxygen atoms in total. The third-order valence-electron chi connectivity index (χ3n) is 3.71. The van der Waals surface area contributed by atoms with Crippen LogP contribution in [0.4, 0.5) is 8.78 Å². The van der Waals surface area contributed by atoms with Crippen LogP contribution in [-0.2, 0) is 11.3 Å². The van der Waals surface area contributed by atoms with E-state index in [2.05, 4.69) is 9.64 Å². The smallest absolute Gasteiger partial charge is 0.387 e. The summed E-state index contributed by atoms with van der Waals surface area (Å²) in [6.45, 7) is -0.498. The fraction of sp³-hybridized carbons (Fsp3) is 0.533. The number of likely N-dealkylation sites (tertiary alicyclic amines) is 1. The van der Waals surface area contributed by atoms with Gasteiger partial charge in [0.1, 0.15) is 5.75 Å².